The van der Waals surface area contributed by atoms with E-state index < -0.39 is 22.2 Å². The Morgan fingerprint density at radius 1 is 1.00 bits per heavy atom. The molecule has 0 saturated carbocycles. The van der Waals surface area contributed by atoms with Gasteiger partial charge < -0.3 is 20.9 Å². The van der Waals surface area contributed by atoms with Crippen molar-refractivity contribution in [2.45, 2.75) is 12.7 Å². The molecule has 0 bridgehead atoms. The minimum atomic E-state index is -5.08. The second-order valence-corrected chi connectivity index (χ2v) is 9.83. The third-order valence-corrected chi connectivity index (χ3v) is 5.37. The number of nitrogens with zero attached hydrogens (tertiary/aromatic N) is 3. The molecule has 0 amide bonds. The summed E-state index contributed by atoms with van der Waals surface area (Å²) in [5.74, 6) is -0.925. The zero-order chi connectivity index (χ0) is 29.3. The number of alkyl halides is 3. The maximum absolute atomic E-state index is 11.3. The maximum Gasteiger partial charge on any atom is 0.490 e. The van der Waals surface area contributed by atoms with E-state index in [9.17, 15) is 21.6 Å². The first-order chi connectivity index (χ1) is 18.8. The van der Waals surface area contributed by atoms with Gasteiger partial charge in [0.15, 0.2) is 0 Å². The normalized spacial score (nSPS) is 11.2. The molecule has 11 nitrogen and oxygen atoms in total. The van der Waals surface area contributed by atoms with E-state index in [0.717, 1.165) is 17.5 Å². The Labute approximate surface area is 226 Å². The fourth-order valence-corrected chi connectivity index (χ4v) is 3.44. The van der Waals surface area contributed by atoms with E-state index in [2.05, 4.69) is 25.0 Å². The van der Waals surface area contributed by atoms with Crippen molar-refractivity contribution in [2.24, 2.45) is 0 Å². The first-order valence-electron chi connectivity index (χ1n) is 11.2. The molecule has 4 aromatic rings. The van der Waals surface area contributed by atoms with E-state index >= 15 is 0 Å². The standard InChI is InChI=1S/C23H22N6O3S.C2HF3O2/c1-33(30,31)26-15-18-13-20(10-11-25-18)32-19-9-5-8-17(12-19)27-22-14-21(28-23(24)29-22)16-6-3-2-4-7-16;3-2(4,5)1(6)7/h2-14,26H,15H2,1H3,(H3,24,27,28,29);(H,6,7). The highest BCUT2D eigenvalue weighted by molar-refractivity contribution is 7.88. The maximum atomic E-state index is 11.3. The molecule has 0 spiro atoms. The van der Waals surface area contributed by atoms with Crippen molar-refractivity contribution in [1.82, 2.24) is 19.7 Å². The predicted molar refractivity (Wildman–Crippen MR) is 141 cm³/mol. The molecule has 210 valence electrons. The van der Waals surface area contributed by atoms with Crippen LogP contribution in [0.25, 0.3) is 11.3 Å². The topological polar surface area (TPSA) is 169 Å². The van der Waals surface area contributed by atoms with Gasteiger partial charge in [-0.15, -0.1) is 0 Å². The molecule has 15 heteroatoms. The number of rotatable bonds is 8. The lowest BCUT2D eigenvalue weighted by Crippen LogP contribution is -2.21. The van der Waals surface area contributed by atoms with Crippen molar-refractivity contribution in [1.29, 1.82) is 0 Å². The van der Waals surface area contributed by atoms with Crippen LogP contribution < -0.4 is 20.5 Å². The van der Waals surface area contributed by atoms with Crippen LogP contribution in [0.2, 0.25) is 0 Å². The molecule has 2 aromatic heterocycles. The van der Waals surface area contributed by atoms with Gasteiger partial charge in [0.05, 0.1) is 24.2 Å². The minimum Gasteiger partial charge on any atom is -0.475 e. The Kier molecular flexibility index (Phi) is 9.58. The SMILES string of the molecule is CS(=O)(=O)NCc1cc(Oc2cccc(Nc3cc(-c4ccccc4)nc(N)n3)c2)ccn1.O=C(O)C(F)(F)F. The van der Waals surface area contributed by atoms with E-state index in [0.29, 0.717) is 28.7 Å². The van der Waals surface area contributed by atoms with E-state index in [1.54, 1.807) is 18.3 Å². The van der Waals surface area contributed by atoms with Crippen LogP contribution in [0.4, 0.5) is 30.6 Å². The number of nitrogens with two attached hydrogens (primary N) is 1. The highest BCUT2D eigenvalue weighted by Gasteiger charge is 2.38. The number of nitrogens with one attached hydrogen (secondary N) is 2. The second kappa shape index (κ2) is 12.9. The average molecular weight is 577 g/mol. The number of pyridine rings is 1. The number of benzene rings is 2. The van der Waals surface area contributed by atoms with Gasteiger partial charge in [-0.1, -0.05) is 36.4 Å². The molecular weight excluding hydrogens is 553 g/mol. The average Bonchev–Trinajstić information content (AvgIpc) is 2.87. The molecule has 0 atom stereocenters. The number of nitrogen functional groups attached to an aromatic ring is 1. The van der Waals surface area contributed by atoms with Crippen LogP contribution in [0, 0.1) is 0 Å². The number of aliphatic carboxylic acids is 1. The highest BCUT2D eigenvalue weighted by Crippen LogP contribution is 2.27. The Bertz CT molecular complexity index is 1570. The molecule has 0 aliphatic rings. The van der Waals surface area contributed by atoms with Crippen LogP contribution in [0.5, 0.6) is 11.5 Å². The first-order valence-corrected chi connectivity index (χ1v) is 13.1. The van der Waals surface area contributed by atoms with Gasteiger partial charge in [0.25, 0.3) is 0 Å². The van der Waals surface area contributed by atoms with Crippen LogP contribution in [0.1, 0.15) is 5.69 Å². The van der Waals surface area contributed by atoms with Gasteiger partial charge in [-0.05, 0) is 18.2 Å². The summed E-state index contributed by atoms with van der Waals surface area (Å²) in [4.78, 5) is 21.6. The van der Waals surface area contributed by atoms with Gasteiger partial charge in [0.2, 0.25) is 16.0 Å². The first kappa shape index (κ1) is 29.8. The Morgan fingerprint density at radius 2 is 1.68 bits per heavy atom. The van der Waals surface area contributed by atoms with Crippen molar-refractivity contribution < 1.29 is 36.2 Å². The molecule has 4 rings (SSSR count). The molecule has 2 aromatic carbocycles. The van der Waals surface area contributed by atoms with Gasteiger partial charge in [-0.3, -0.25) is 4.98 Å². The lowest BCUT2D eigenvalue weighted by molar-refractivity contribution is -0.192. The smallest absolute Gasteiger partial charge is 0.475 e. The predicted octanol–water partition coefficient (Wildman–Crippen LogP) is 4.34. The third-order valence-electron chi connectivity index (χ3n) is 4.70. The lowest BCUT2D eigenvalue weighted by atomic mass is 10.1. The summed E-state index contributed by atoms with van der Waals surface area (Å²) in [6.45, 7) is 0.0799. The fraction of sp³-hybridized carbons (Fsp3) is 0.120. The fourth-order valence-electron chi connectivity index (χ4n) is 3.03. The molecule has 0 aliphatic carbocycles. The van der Waals surface area contributed by atoms with Gasteiger partial charge in [0.1, 0.15) is 17.3 Å². The van der Waals surface area contributed by atoms with Crippen LogP contribution in [-0.2, 0) is 21.4 Å². The summed E-state index contributed by atoms with van der Waals surface area (Å²) in [7, 11) is -3.31. The molecule has 0 unspecified atom stereocenters. The zero-order valence-corrected chi connectivity index (χ0v) is 21.6. The van der Waals surface area contributed by atoms with E-state index in [-0.39, 0.29) is 12.5 Å². The summed E-state index contributed by atoms with van der Waals surface area (Å²) in [5.41, 5.74) is 8.85. The lowest BCUT2D eigenvalue weighted by Gasteiger charge is -2.11. The molecule has 40 heavy (non-hydrogen) atoms. The molecule has 0 saturated heterocycles. The van der Waals surface area contributed by atoms with Crippen LogP contribution >= 0.6 is 0 Å². The molecule has 5 N–H and O–H groups in total. The molecule has 0 radical (unpaired) electrons. The van der Waals surface area contributed by atoms with Crippen molar-refractivity contribution in [3.63, 3.8) is 0 Å². The Balaban J connectivity index is 0.000000559. The molecule has 0 aliphatic heterocycles. The summed E-state index contributed by atoms with van der Waals surface area (Å²) in [6, 6.07) is 22.2. The second-order valence-electron chi connectivity index (χ2n) is 8.00. The van der Waals surface area contributed by atoms with Crippen LogP contribution in [0.3, 0.4) is 0 Å². The number of ether oxygens (including phenoxy) is 1. The van der Waals surface area contributed by atoms with Crippen LogP contribution in [0.15, 0.2) is 79.0 Å². The Morgan fingerprint density at radius 3 is 2.33 bits per heavy atom. The molecular formula is C25H23F3N6O5S. The van der Waals surface area contributed by atoms with Gasteiger partial charge in [-0.2, -0.15) is 18.2 Å². The van der Waals surface area contributed by atoms with Gasteiger partial charge >= 0.3 is 12.1 Å². The number of sulfonamides is 1. The number of hydrogen-bond donors (Lipinski definition) is 4. The summed E-state index contributed by atoms with van der Waals surface area (Å²) >= 11 is 0. The number of halogens is 3. The molecule has 2 heterocycles. The molecule has 0 fully saturated rings. The van der Waals surface area contributed by atoms with Crippen molar-refractivity contribution in [3.8, 4) is 22.8 Å². The number of anilines is 3. The van der Waals surface area contributed by atoms with Crippen molar-refractivity contribution in [2.75, 3.05) is 17.3 Å². The van der Waals surface area contributed by atoms with Gasteiger partial charge in [0, 0.05) is 35.6 Å². The number of carboxylic acid groups (broad SMARTS) is 1. The summed E-state index contributed by atoms with van der Waals surface area (Å²) < 4.78 is 62.7. The highest BCUT2D eigenvalue weighted by atomic mass is 32.2. The van der Waals surface area contributed by atoms with E-state index in [1.807, 2.05) is 60.7 Å². The van der Waals surface area contributed by atoms with Crippen LogP contribution in [-0.4, -0.2) is 46.9 Å². The van der Waals surface area contributed by atoms with E-state index in [4.69, 9.17) is 20.4 Å². The number of carboxylic acids is 1. The third kappa shape index (κ3) is 9.85. The number of hydrogen-bond acceptors (Lipinski definition) is 9. The quantitative estimate of drug-likeness (QED) is 0.237. The Hall–Kier alpha value is -4.76. The summed E-state index contributed by atoms with van der Waals surface area (Å²) in [5, 5.41) is 10.4. The van der Waals surface area contributed by atoms with Crippen molar-refractivity contribution in [3.05, 3.63) is 84.7 Å². The minimum absolute atomic E-state index is 0.0799. The van der Waals surface area contributed by atoms with Crippen molar-refractivity contribution >= 4 is 33.4 Å². The zero-order valence-electron chi connectivity index (χ0n) is 20.8. The van der Waals surface area contributed by atoms with Gasteiger partial charge in [-0.25, -0.2) is 22.9 Å². The number of aromatic nitrogens is 3. The summed E-state index contributed by atoms with van der Waals surface area (Å²) in [6.07, 6.45) is -2.43. The number of carbonyl (C=O) groups is 1. The van der Waals surface area contributed by atoms with E-state index in [1.165, 1.54) is 0 Å². The monoisotopic (exact) mass is 576 g/mol. The largest absolute Gasteiger partial charge is 0.490 e.